The minimum atomic E-state index is -0.403. The van der Waals surface area contributed by atoms with Gasteiger partial charge in [0, 0.05) is 36.7 Å². The van der Waals surface area contributed by atoms with Gasteiger partial charge in [0.2, 0.25) is 11.8 Å². The Labute approximate surface area is 155 Å². The molecule has 2 aromatic heterocycles. The largest absolute Gasteiger partial charge is 0.356 e. The summed E-state index contributed by atoms with van der Waals surface area (Å²) in [4.78, 5) is 29.9. The highest BCUT2D eigenvalue weighted by Gasteiger charge is 2.28. The number of carbonyl (C=O) groups is 2. The fourth-order valence-electron chi connectivity index (χ4n) is 2.91. The van der Waals surface area contributed by atoms with Gasteiger partial charge >= 0.3 is 0 Å². The highest BCUT2D eigenvalue weighted by molar-refractivity contribution is 8.01. The highest BCUT2D eigenvalue weighted by Crippen LogP contribution is 2.36. The molecule has 1 aliphatic heterocycles. The van der Waals surface area contributed by atoms with Crippen molar-refractivity contribution in [3.05, 3.63) is 60.6 Å². The summed E-state index contributed by atoms with van der Waals surface area (Å²) in [5, 5.41) is 5.34. The summed E-state index contributed by atoms with van der Waals surface area (Å²) in [5.41, 5.74) is 2.63. The Kier molecular flexibility index (Phi) is 4.62. The molecule has 4 rings (SSSR count). The molecule has 3 aromatic rings. The van der Waals surface area contributed by atoms with Crippen LogP contribution in [0.15, 0.2) is 59.8 Å². The molecule has 0 saturated carbocycles. The van der Waals surface area contributed by atoms with Gasteiger partial charge in [0.25, 0.3) is 0 Å². The van der Waals surface area contributed by atoms with Gasteiger partial charge in [-0.2, -0.15) is 0 Å². The van der Waals surface area contributed by atoms with Crippen LogP contribution in [0.5, 0.6) is 0 Å². The van der Waals surface area contributed by atoms with Crippen molar-refractivity contribution >= 4 is 34.9 Å². The molecule has 0 radical (unpaired) electrons. The maximum atomic E-state index is 12.2. The number of carbonyl (C=O) groups excluding carboxylic acids is 2. The number of pyridine rings is 1. The fourth-order valence-corrected chi connectivity index (χ4v) is 4.02. The zero-order valence-corrected chi connectivity index (χ0v) is 14.8. The summed E-state index contributed by atoms with van der Waals surface area (Å²) in [7, 11) is 0. The zero-order chi connectivity index (χ0) is 17.9. The normalized spacial score (nSPS) is 16.2. The molecule has 0 saturated heterocycles. The molecule has 26 heavy (non-hydrogen) atoms. The molecule has 1 aliphatic rings. The molecular formula is C19H18N4O2S. The summed E-state index contributed by atoms with van der Waals surface area (Å²) >= 11 is 1.44. The number of para-hydroxylation sites is 1. The Bertz CT molecular complexity index is 936. The third-order valence-electron chi connectivity index (χ3n) is 4.19. The van der Waals surface area contributed by atoms with Crippen LogP contribution in [0.25, 0.3) is 5.65 Å². The molecule has 1 aromatic carbocycles. The Balaban J connectivity index is 1.29. The highest BCUT2D eigenvalue weighted by atomic mass is 32.2. The molecular weight excluding hydrogens is 348 g/mol. The van der Waals surface area contributed by atoms with Crippen LogP contribution < -0.4 is 10.6 Å². The molecule has 0 aliphatic carbocycles. The maximum Gasteiger partial charge on any atom is 0.238 e. The van der Waals surface area contributed by atoms with E-state index in [1.807, 2.05) is 59.3 Å². The Morgan fingerprint density at radius 1 is 1.23 bits per heavy atom. The van der Waals surface area contributed by atoms with E-state index in [1.54, 1.807) is 0 Å². The Morgan fingerprint density at radius 2 is 2.08 bits per heavy atom. The molecule has 0 bridgehead atoms. The van der Waals surface area contributed by atoms with Crippen molar-refractivity contribution in [1.82, 2.24) is 14.7 Å². The average molecular weight is 366 g/mol. The van der Waals surface area contributed by atoms with E-state index in [4.69, 9.17) is 0 Å². The summed E-state index contributed by atoms with van der Waals surface area (Å²) in [6, 6.07) is 13.5. The molecule has 2 N–H and O–H groups in total. The predicted molar refractivity (Wildman–Crippen MR) is 101 cm³/mol. The second kappa shape index (κ2) is 7.21. The third-order valence-corrected chi connectivity index (χ3v) is 5.47. The number of hydrogen-bond acceptors (Lipinski definition) is 4. The van der Waals surface area contributed by atoms with E-state index in [2.05, 4.69) is 15.6 Å². The fraction of sp³-hybridized carbons (Fsp3) is 0.211. The summed E-state index contributed by atoms with van der Waals surface area (Å²) in [6.45, 7) is 0.498. The van der Waals surface area contributed by atoms with Crippen molar-refractivity contribution < 1.29 is 9.59 Å². The van der Waals surface area contributed by atoms with Crippen molar-refractivity contribution in [2.24, 2.45) is 0 Å². The van der Waals surface area contributed by atoms with Gasteiger partial charge in [0.15, 0.2) is 0 Å². The average Bonchev–Trinajstić information content (AvgIpc) is 3.05. The Hall–Kier alpha value is -2.80. The number of nitrogens with zero attached hydrogens (tertiary/aromatic N) is 2. The standard InChI is InChI=1S/C19H18N4O2S/c24-18(11-16-19(25)22-14-5-1-2-6-15(14)26-16)20-9-8-13-12-23-10-4-3-7-17(23)21-13/h1-7,10,12,16H,8-9,11H2,(H,20,24)(H,22,25). The molecule has 0 spiro atoms. The lowest BCUT2D eigenvalue weighted by molar-refractivity contribution is -0.124. The smallest absolute Gasteiger partial charge is 0.238 e. The molecule has 6 nitrogen and oxygen atoms in total. The summed E-state index contributed by atoms with van der Waals surface area (Å²) in [6.07, 6.45) is 4.72. The van der Waals surface area contributed by atoms with Gasteiger partial charge in [-0.3, -0.25) is 9.59 Å². The van der Waals surface area contributed by atoms with E-state index < -0.39 is 5.25 Å². The first-order valence-corrected chi connectivity index (χ1v) is 9.33. The number of nitrogens with one attached hydrogen (secondary N) is 2. The van der Waals surface area contributed by atoms with Crippen LogP contribution in [-0.4, -0.2) is 33.0 Å². The first-order chi connectivity index (χ1) is 12.7. The summed E-state index contributed by atoms with van der Waals surface area (Å²) in [5.74, 6) is -0.245. The van der Waals surface area contributed by atoms with Crippen molar-refractivity contribution in [2.45, 2.75) is 23.0 Å². The van der Waals surface area contributed by atoms with Gasteiger partial charge in [-0.1, -0.05) is 18.2 Å². The van der Waals surface area contributed by atoms with E-state index in [9.17, 15) is 9.59 Å². The van der Waals surface area contributed by atoms with Gasteiger partial charge in [0.05, 0.1) is 16.6 Å². The van der Waals surface area contributed by atoms with E-state index in [0.29, 0.717) is 13.0 Å². The van der Waals surface area contributed by atoms with Gasteiger partial charge in [0.1, 0.15) is 5.65 Å². The number of amides is 2. The predicted octanol–water partition coefficient (Wildman–Crippen LogP) is 2.50. The summed E-state index contributed by atoms with van der Waals surface area (Å²) < 4.78 is 1.96. The van der Waals surface area contributed by atoms with Crippen LogP contribution >= 0.6 is 11.8 Å². The lowest BCUT2D eigenvalue weighted by Crippen LogP contribution is -2.35. The number of thioether (sulfide) groups is 1. The van der Waals surface area contributed by atoms with Crippen LogP contribution in [0.2, 0.25) is 0 Å². The number of benzene rings is 1. The van der Waals surface area contributed by atoms with Crippen molar-refractivity contribution in [1.29, 1.82) is 0 Å². The van der Waals surface area contributed by atoms with Crippen LogP contribution in [0.3, 0.4) is 0 Å². The van der Waals surface area contributed by atoms with Crippen LogP contribution in [-0.2, 0) is 16.0 Å². The second-order valence-corrected chi connectivity index (χ2v) is 7.34. The first-order valence-electron chi connectivity index (χ1n) is 8.45. The molecule has 0 fully saturated rings. The van der Waals surface area contributed by atoms with E-state index in [-0.39, 0.29) is 18.2 Å². The lowest BCUT2D eigenvalue weighted by atomic mass is 10.2. The first kappa shape index (κ1) is 16.7. The second-order valence-electron chi connectivity index (χ2n) is 6.09. The van der Waals surface area contributed by atoms with Crippen LogP contribution in [0.1, 0.15) is 12.1 Å². The number of aromatic nitrogens is 2. The van der Waals surface area contributed by atoms with E-state index in [1.165, 1.54) is 11.8 Å². The number of fused-ring (bicyclic) bond motifs is 2. The lowest BCUT2D eigenvalue weighted by Gasteiger charge is -2.23. The third kappa shape index (κ3) is 3.57. The minimum absolute atomic E-state index is 0.121. The van der Waals surface area contributed by atoms with Gasteiger partial charge in [-0.05, 0) is 24.3 Å². The minimum Gasteiger partial charge on any atom is -0.356 e. The molecule has 7 heteroatoms. The molecule has 132 valence electrons. The van der Waals surface area contributed by atoms with Gasteiger partial charge in [-0.15, -0.1) is 11.8 Å². The van der Waals surface area contributed by atoms with Crippen molar-refractivity contribution in [3.8, 4) is 0 Å². The molecule has 2 amide bonds. The Morgan fingerprint density at radius 3 is 2.96 bits per heavy atom. The topological polar surface area (TPSA) is 75.5 Å². The number of hydrogen-bond donors (Lipinski definition) is 2. The van der Waals surface area contributed by atoms with E-state index in [0.717, 1.165) is 21.9 Å². The number of imidazole rings is 1. The molecule has 1 atom stereocenters. The zero-order valence-electron chi connectivity index (χ0n) is 14.0. The van der Waals surface area contributed by atoms with Crippen molar-refractivity contribution in [3.63, 3.8) is 0 Å². The quantitative estimate of drug-likeness (QED) is 0.727. The SMILES string of the molecule is O=C(CC1Sc2ccccc2NC1=O)NCCc1cn2ccccc2n1. The monoisotopic (exact) mass is 366 g/mol. The van der Waals surface area contributed by atoms with Gasteiger partial charge in [-0.25, -0.2) is 4.98 Å². The molecule has 3 heterocycles. The maximum absolute atomic E-state index is 12.2. The number of rotatable bonds is 5. The van der Waals surface area contributed by atoms with Crippen molar-refractivity contribution in [2.75, 3.05) is 11.9 Å². The van der Waals surface area contributed by atoms with Crippen LogP contribution in [0.4, 0.5) is 5.69 Å². The number of anilines is 1. The molecule has 1 unspecified atom stereocenters. The van der Waals surface area contributed by atoms with E-state index >= 15 is 0 Å². The van der Waals surface area contributed by atoms with Gasteiger partial charge < -0.3 is 15.0 Å². The van der Waals surface area contributed by atoms with Crippen LogP contribution in [0, 0.1) is 0 Å².